The highest BCUT2D eigenvalue weighted by Crippen LogP contribution is 2.37. The van der Waals surface area contributed by atoms with Gasteiger partial charge in [-0.15, -0.1) is 0 Å². The molecule has 1 N–H and O–H groups in total. The summed E-state index contributed by atoms with van der Waals surface area (Å²) >= 11 is 0. The highest BCUT2D eigenvalue weighted by atomic mass is 16.5. The van der Waals surface area contributed by atoms with E-state index in [1.807, 2.05) is 30.3 Å². The summed E-state index contributed by atoms with van der Waals surface area (Å²) in [7, 11) is 0. The Hall–Kier alpha value is -1.35. The van der Waals surface area contributed by atoms with E-state index in [2.05, 4.69) is 13.8 Å². The summed E-state index contributed by atoms with van der Waals surface area (Å²) in [5.74, 6) is -0.167. The second-order valence-electron chi connectivity index (χ2n) is 5.25. The number of carbonyl (C=O) groups excluding carboxylic acids is 1. The third-order valence-corrected chi connectivity index (χ3v) is 3.77. The average molecular weight is 248 g/mol. The van der Waals surface area contributed by atoms with Crippen LogP contribution in [0.15, 0.2) is 30.3 Å². The zero-order valence-electron chi connectivity index (χ0n) is 10.9. The average Bonchev–Trinajstić information content (AvgIpc) is 2.38. The van der Waals surface area contributed by atoms with Crippen molar-refractivity contribution in [2.75, 3.05) is 6.61 Å². The molecule has 1 heterocycles. The van der Waals surface area contributed by atoms with Crippen LogP contribution >= 0.6 is 0 Å². The number of carbonyl (C=O) groups is 1. The summed E-state index contributed by atoms with van der Waals surface area (Å²) in [5, 5.41) is 10.4. The molecule has 1 aliphatic heterocycles. The Morgan fingerprint density at radius 2 is 1.94 bits per heavy atom. The number of aliphatic hydroxyl groups excluding tert-OH is 1. The van der Waals surface area contributed by atoms with Gasteiger partial charge in [-0.25, -0.2) is 0 Å². The van der Waals surface area contributed by atoms with Gasteiger partial charge >= 0.3 is 5.97 Å². The van der Waals surface area contributed by atoms with Gasteiger partial charge in [0.2, 0.25) is 0 Å². The van der Waals surface area contributed by atoms with Crippen molar-refractivity contribution in [2.45, 2.75) is 26.4 Å². The topological polar surface area (TPSA) is 46.5 Å². The Morgan fingerprint density at radius 1 is 1.28 bits per heavy atom. The van der Waals surface area contributed by atoms with Gasteiger partial charge in [0.15, 0.2) is 0 Å². The summed E-state index contributed by atoms with van der Waals surface area (Å²) in [4.78, 5) is 11.9. The van der Waals surface area contributed by atoms with Crippen LogP contribution in [-0.2, 0) is 9.53 Å². The molecule has 1 saturated heterocycles. The lowest BCUT2D eigenvalue weighted by molar-refractivity contribution is -0.164. The molecule has 1 fully saturated rings. The molecule has 0 spiro atoms. The van der Waals surface area contributed by atoms with E-state index >= 15 is 0 Å². The van der Waals surface area contributed by atoms with Gasteiger partial charge in [0.1, 0.15) is 0 Å². The molecule has 3 nitrogen and oxygen atoms in total. The molecule has 0 aliphatic carbocycles. The van der Waals surface area contributed by atoms with Crippen molar-refractivity contribution in [3.63, 3.8) is 0 Å². The molecule has 3 atom stereocenters. The third-order valence-electron chi connectivity index (χ3n) is 3.77. The first-order chi connectivity index (χ1) is 8.61. The lowest BCUT2D eigenvalue weighted by Gasteiger charge is -2.35. The zero-order valence-corrected chi connectivity index (χ0v) is 10.9. The Labute approximate surface area is 108 Å². The molecule has 1 unspecified atom stereocenters. The van der Waals surface area contributed by atoms with Crippen LogP contribution < -0.4 is 0 Å². The molecule has 1 aromatic rings. The minimum Gasteiger partial charge on any atom is -0.465 e. The van der Waals surface area contributed by atoms with Gasteiger partial charge in [0, 0.05) is 0 Å². The van der Waals surface area contributed by atoms with Crippen LogP contribution in [0.3, 0.4) is 0 Å². The predicted octanol–water partition coefficient (Wildman–Crippen LogP) is 2.56. The zero-order chi connectivity index (χ0) is 13.1. The highest BCUT2D eigenvalue weighted by Gasteiger charge is 2.40. The molecular weight excluding hydrogens is 228 g/mol. The minimum atomic E-state index is -0.772. The van der Waals surface area contributed by atoms with Crippen molar-refractivity contribution >= 4 is 5.97 Å². The second-order valence-corrected chi connectivity index (χ2v) is 5.25. The van der Waals surface area contributed by atoms with Crippen molar-refractivity contribution in [1.29, 1.82) is 0 Å². The van der Waals surface area contributed by atoms with Gasteiger partial charge in [0.05, 0.1) is 18.6 Å². The van der Waals surface area contributed by atoms with Crippen LogP contribution in [-0.4, -0.2) is 17.7 Å². The molecule has 1 aliphatic rings. The van der Waals surface area contributed by atoms with Gasteiger partial charge < -0.3 is 9.84 Å². The maximum absolute atomic E-state index is 11.9. The molecule has 0 saturated carbocycles. The number of hydrogen-bond donors (Lipinski definition) is 1. The molecule has 0 bridgehead atoms. The molecule has 3 heteroatoms. The monoisotopic (exact) mass is 248 g/mol. The maximum atomic E-state index is 11.9. The predicted molar refractivity (Wildman–Crippen MR) is 68.8 cm³/mol. The molecular formula is C15H20O3. The van der Waals surface area contributed by atoms with E-state index in [1.165, 1.54) is 0 Å². The van der Waals surface area contributed by atoms with Crippen molar-refractivity contribution < 1.29 is 14.6 Å². The van der Waals surface area contributed by atoms with E-state index in [-0.39, 0.29) is 11.9 Å². The standard InChI is InChI=1S/C15H20O3/c1-10(2)12-8-9-18-15(17)13(12)14(16)11-6-4-3-5-7-11/h3-7,10,12-14,16H,8-9H2,1-2H3/t12-,13+,14?/m0/s1. The molecule has 2 rings (SSSR count). The number of esters is 1. The van der Waals surface area contributed by atoms with Gasteiger partial charge in [-0.1, -0.05) is 44.2 Å². The lowest BCUT2D eigenvalue weighted by Crippen LogP contribution is -2.39. The number of aliphatic hydroxyl groups is 1. The largest absolute Gasteiger partial charge is 0.465 e. The fraction of sp³-hybridized carbons (Fsp3) is 0.533. The lowest BCUT2D eigenvalue weighted by atomic mass is 9.75. The van der Waals surface area contributed by atoms with Gasteiger partial charge in [0.25, 0.3) is 0 Å². The van der Waals surface area contributed by atoms with Crippen LogP contribution in [0.4, 0.5) is 0 Å². The van der Waals surface area contributed by atoms with Crippen LogP contribution in [0.2, 0.25) is 0 Å². The molecule has 0 radical (unpaired) electrons. The SMILES string of the molecule is CC(C)[C@@H]1CCOC(=O)[C@H]1C(O)c1ccccc1. The Kier molecular flexibility index (Phi) is 4.02. The summed E-state index contributed by atoms with van der Waals surface area (Å²) in [6.07, 6.45) is 0.0595. The fourth-order valence-corrected chi connectivity index (χ4v) is 2.71. The van der Waals surface area contributed by atoms with Gasteiger partial charge in [-0.05, 0) is 23.8 Å². The number of hydrogen-bond acceptors (Lipinski definition) is 3. The molecule has 18 heavy (non-hydrogen) atoms. The number of benzene rings is 1. The second kappa shape index (κ2) is 5.53. The third kappa shape index (κ3) is 2.56. The Balaban J connectivity index is 2.25. The summed E-state index contributed by atoms with van der Waals surface area (Å²) in [6.45, 7) is 4.65. The van der Waals surface area contributed by atoms with Crippen LogP contribution in [0.25, 0.3) is 0 Å². The first-order valence-electron chi connectivity index (χ1n) is 6.51. The maximum Gasteiger partial charge on any atom is 0.312 e. The normalized spacial score (nSPS) is 25.9. The fourth-order valence-electron chi connectivity index (χ4n) is 2.71. The van der Waals surface area contributed by atoms with Crippen molar-refractivity contribution in [3.8, 4) is 0 Å². The quantitative estimate of drug-likeness (QED) is 0.836. The van der Waals surface area contributed by atoms with E-state index in [9.17, 15) is 9.90 Å². The minimum absolute atomic E-state index is 0.182. The molecule has 0 amide bonds. The summed E-state index contributed by atoms with van der Waals surface area (Å²) in [5.41, 5.74) is 0.784. The van der Waals surface area contributed by atoms with E-state index in [1.54, 1.807) is 0 Å². The van der Waals surface area contributed by atoms with Crippen LogP contribution in [0.5, 0.6) is 0 Å². The smallest absolute Gasteiger partial charge is 0.312 e. The highest BCUT2D eigenvalue weighted by molar-refractivity contribution is 5.74. The number of ether oxygens (including phenoxy) is 1. The first kappa shape index (κ1) is 13.1. The van der Waals surface area contributed by atoms with E-state index in [0.29, 0.717) is 12.5 Å². The van der Waals surface area contributed by atoms with E-state index < -0.39 is 12.0 Å². The molecule has 0 aromatic heterocycles. The van der Waals surface area contributed by atoms with Crippen molar-refractivity contribution in [1.82, 2.24) is 0 Å². The number of cyclic esters (lactones) is 1. The van der Waals surface area contributed by atoms with Crippen molar-refractivity contribution in [2.24, 2.45) is 17.8 Å². The summed E-state index contributed by atoms with van der Waals surface area (Å²) in [6, 6.07) is 9.34. The molecule has 1 aromatic carbocycles. The Bertz CT molecular complexity index is 399. The van der Waals surface area contributed by atoms with Crippen LogP contribution in [0.1, 0.15) is 31.9 Å². The van der Waals surface area contributed by atoms with Crippen molar-refractivity contribution in [3.05, 3.63) is 35.9 Å². The first-order valence-corrected chi connectivity index (χ1v) is 6.51. The Morgan fingerprint density at radius 3 is 2.56 bits per heavy atom. The van der Waals surface area contributed by atoms with E-state index in [0.717, 1.165) is 12.0 Å². The van der Waals surface area contributed by atoms with Crippen LogP contribution in [0, 0.1) is 17.8 Å². The van der Waals surface area contributed by atoms with Gasteiger partial charge in [-0.2, -0.15) is 0 Å². The van der Waals surface area contributed by atoms with E-state index in [4.69, 9.17) is 4.74 Å². The van der Waals surface area contributed by atoms with Gasteiger partial charge in [-0.3, -0.25) is 4.79 Å². The number of rotatable bonds is 3. The molecule has 98 valence electrons. The summed E-state index contributed by atoms with van der Waals surface area (Å²) < 4.78 is 5.11.